The van der Waals surface area contributed by atoms with Crippen LogP contribution in [0.4, 0.5) is 13.2 Å². The molecule has 1 atom stereocenters. The molecule has 1 aliphatic rings. The van der Waals surface area contributed by atoms with Gasteiger partial charge in [0.25, 0.3) is 11.7 Å². The number of benzene rings is 2. The number of halogens is 3. The molecule has 8 heteroatoms. The van der Waals surface area contributed by atoms with Crippen molar-refractivity contribution in [1.82, 2.24) is 9.88 Å². The van der Waals surface area contributed by atoms with E-state index < -0.39 is 29.5 Å². The molecule has 4 rings (SSSR count). The first-order valence-corrected chi connectivity index (χ1v) is 10.5. The van der Waals surface area contributed by atoms with Crippen LogP contribution in [0.25, 0.3) is 5.76 Å². The number of nitrogens with zero attached hydrogens (tertiary/aromatic N) is 2. The van der Waals surface area contributed by atoms with Gasteiger partial charge in [0.15, 0.2) is 0 Å². The van der Waals surface area contributed by atoms with Crippen LogP contribution in [-0.4, -0.2) is 26.7 Å². The maximum absolute atomic E-state index is 13.2. The summed E-state index contributed by atoms with van der Waals surface area (Å²) in [6.45, 7) is 3.36. The van der Waals surface area contributed by atoms with Crippen LogP contribution in [0.5, 0.6) is 0 Å². The van der Waals surface area contributed by atoms with Gasteiger partial charge in [-0.15, -0.1) is 0 Å². The predicted molar refractivity (Wildman–Crippen MR) is 119 cm³/mol. The van der Waals surface area contributed by atoms with Gasteiger partial charge in [-0.1, -0.05) is 29.8 Å². The van der Waals surface area contributed by atoms with Gasteiger partial charge in [0.05, 0.1) is 17.2 Å². The average molecular weight is 466 g/mol. The molecule has 1 amide bonds. The van der Waals surface area contributed by atoms with Gasteiger partial charge >= 0.3 is 6.18 Å². The van der Waals surface area contributed by atoms with Gasteiger partial charge in [0.1, 0.15) is 5.76 Å². The molecule has 0 radical (unpaired) electrons. The number of carbonyl (C=O) groups excluding carboxylic acids is 2. The van der Waals surface area contributed by atoms with Crippen molar-refractivity contribution in [3.63, 3.8) is 0 Å². The van der Waals surface area contributed by atoms with E-state index in [1.807, 2.05) is 13.0 Å². The van der Waals surface area contributed by atoms with E-state index in [2.05, 4.69) is 4.98 Å². The molecule has 1 aromatic heterocycles. The lowest BCUT2D eigenvalue weighted by atomic mass is 9.93. The second-order valence-corrected chi connectivity index (χ2v) is 8.22. The van der Waals surface area contributed by atoms with Crippen LogP contribution < -0.4 is 0 Å². The summed E-state index contributed by atoms with van der Waals surface area (Å²) in [5.41, 5.74) is 1.73. The van der Waals surface area contributed by atoms with Crippen molar-refractivity contribution in [3.05, 3.63) is 106 Å². The van der Waals surface area contributed by atoms with Crippen LogP contribution in [0, 0.1) is 13.8 Å². The highest BCUT2D eigenvalue weighted by molar-refractivity contribution is 6.46. The van der Waals surface area contributed by atoms with E-state index in [0.717, 1.165) is 17.7 Å². The molecule has 1 N–H and O–H groups in total. The first-order chi connectivity index (χ1) is 16.1. The van der Waals surface area contributed by atoms with Gasteiger partial charge in [0, 0.05) is 24.5 Å². The maximum atomic E-state index is 13.2. The normalized spacial score (nSPS) is 17.9. The molecule has 3 aromatic rings. The number of pyridine rings is 1. The zero-order chi connectivity index (χ0) is 24.6. The Morgan fingerprint density at radius 1 is 1.03 bits per heavy atom. The zero-order valence-electron chi connectivity index (χ0n) is 18.4. The summed E-state index contributed by atoms with van der Waals surface area (Å²) in [6, 6.07) is 12.2. The number of aromatic nitrogens is 1. The molecule has 174 valence electrons. The van der Waals surface area contributed by atoms with E-state index in [0.29, 0.717) is 16.7 Å². The molecule has 0 spiro atoms. The summed E-state index contributed by atoms with van der Waals surface area (Å²) in [4.78, 5) is 31.3. The van der Waals surface area contributed by atoms with Crippen molar-refractivity contribution in [3.8, 4) is 0 Å². The quantitative estimate of drug-likeness (QED) is 0.320. The van der Waals surface area contributed by atoms with Gasteiger partial charge in [-0.2, -0.15) is 13.2 Å². The van der Waals surface area contributed by atoms with Crippen LogP contribution >= 0.6 is 0 Å². The number of carbonyl (C=O) groups is 2. The van der Waals surface area contributed by atoms with Crippen LogP contribution in [0.3, 0.4) is 0 Å². The molecular formula is C26H21F3N2O3. The van der Waals surface area contributed by atoms with Crippen molar-refractivity contribution in [1.29, 1.82) is 0 Å². The van der Waals surface area contributed by atoms with E-state index in [9.17, 15) is 27.9 Å². The van der Waals surface area contributed by atoms with Crippen molar-refractivity contribution in [2.75, 3.05) is 0 Å². The third kappa shape index (κ3) is 4.31. The highest BCUT2D eigenvalue weighted by Gasteiger charge is 2.46. The highest BCUT2D eigenvalue weighted by Crippen LogP contribution is 2.41. The fourth-order valence-corrected chi connectivity index (χ4v) is 4.11. The molecule has 2 heterocycles. The number of hydrogen-bond donors (Lipinski definition) is 1. The summed E-state index contributed by atoms with van der Waals surface area (Å²) >= 11 is 0. The SMILES string of the molecule is Cc1ccc(C)c(/C(O)=C2\C(=O)C(=O)N(Cc3cccc(C(F)(F)F)c3)C2c2ccncc2)c1. The van der Waals surface area contributed by atoms with E-state index in [-0.39, 0.29) is 23.4 Å². The van der Waals surface area contributed by atoms with Gasteiger partial charge in [-0.25, -0.2) is 0 Å². The zero-order valence-corrected chi connectivity index (χ0v) is 18.4. The standard InChI is InChI=1S/C26H21F3N2O3/c1-15-6-7-16(2)20(12-15)23(32)21-22(18-8-10-30-11-9-18)31(25(34)24(21)33)14-17-4-3-5-19(13-17)26(27,28)29/h3-13,22,32H,14H2,1-2H3/b23-21+. The topological polar surface area (TPSA) is 70.5 Å². The number of hydrogen-bond acceptors (Lipinski definition) is 4. The molecule has 1 aliphatic heterocycles. The maximum Gasteiger partial charge on any atom is 0.416 e. The van der Waals surface area contributed by atoms with Crippen molar-refractivity contribution in [2.45, 2.75) is 32.6 Å². The van der Waals surface area contributed by atoms with E-state index in [4.69, 9.17) is 0 Å². The minimum absolute atomic E-state index is 0.114. The molecule has 1 unspecified atom stereocenters. The second kappa shape index (κ2) is 8.78. The number of aliphatic hydroxyl groups excluding tert-OH is 1. The molecule has 1 fully saturated rings. The molecule has 0 bridgehead atoms. The Labute approximate surface area is 194 Å². The minimum Gasteiger partial charge on any atom is -0.507 e. The number of aliphatic hydroxyl groups is 1. The number of amides is 1. The van der Waals surface area contributed by atoms with Crippen LogP contribution in [0.2, 0.25) is 0 Å². The number of alkyl halides is 3. The Morgan fingerprint density at radius 2 is 1.74 bits per heavy atom. The lowest BCUT2D eigenvalue weighted by molar-refractivity contribution is -0.140. The summed E-state index contributed by atoms with van der Waals surface area (Å²) in [5, 5.41) is 11.2. The first kappa shape index (κ1) is 23.2. The number of Topliss-reactive ketones (excluding diaryl/α,β-unsaturated/α-hetero) is 1. The van der Waals surface area contributed by atoms with Crippen molar-refractivity contribution < 1.29 is 27.9 Å². The summed E-state index contributed by atoms with van der Waals surface area (Å²) in [7, 11) is 0. The highest BCUT2D eigenvalue weighted by atomic mass is 19.4. The predicted octanol–water partition coefficient (Wildman–Crippen LogP) is 5.34. The summed E-state index contributed by atoms with van der Waals surface area (Å²) in [5.74, 6) is -2.12. The fraction of sp³-hybridized carbons (Fsp3) is 0.192. The smallest absolute Gasteiger partial charge is 0.416 e. The van der Waals surface area contributed by atoms with Gasteiger partial charge in [-0.3, -0.25) is 14.6 Å². The summed E-state index contributed by atoms with van der Waals surface area (Å²) < 4.78 is 39.6. The molecule has 1 saturated heterocycles. The van der Waals surface area contributed by atoms with Gasteiger partial charge in [0.2, 0.25) is 0 Å². The summed E-state index contributed by atoms with van der Waals surface area (Å²) in [6.07, 6.45) is -1.58. The molecule has 2 aromatic carbocycles. The molecular weight excluding hydrogens is 445 g/mol. The third-order valence-electron chi connectivity index (χ3n) is 5.82. The lowest BCUT2D eigenvalue weighted by Gasteiger charge is -2.25. The minimum atomic E-state index is -4.54. The lowest BCUT2D eigenvalue weighted by Crippen LogP contribution is -2.29. The van der Waals surface area contributed by atoms with Crippen LogP contribution in [-0.2, 0) is 22.3 Å². The number of likely N-dealkylation sites (tertiary alicyclic amines) is 1. The number of ketones is 1. The largest absolute Gasteiger partial charge is 0.507 e. The molecule has 0 aliphatic carbocycles. The third-order valence-corrected chi connectivity index (χ3v) is 5.82. The van der Waals surface area contributed by atoms with E-state index >= 15 is 0 Å². The second-order valence-electron chi connectivity index (χ2n) is 8.22. The monoisotopic (exact) mass is 466 g/mol. The Bertz CT molecular complexity index is 1300. The first-order valence-electron chi connectivity index (χ1n) is 10.5. The van der Waals surface area contributed by atoms with Crippen LogP contribution in [0.15, 0.2) is 72.6 Å². The van der Waals surface area contributed by atoms with Gasteiger partial charge < -0.3 is 10.0 Å². The molecule has 0 saturated carbocycles. The number of rotatable bonds is 4. The van der Waals surface area contributed by atoms with E-state index in [1.165, 1.54) is 29.4 Å². The molecule has 34 heavy (non-hydrogen) atoms. The average Bonchev–Trinajstić information content (AvgIpc) is 3.05. The van der Waals surface area contributed by atoms with Gasteiger partial charge in [-0.05, 0) is 60.9 Å². The fourth-order valence-electron chi connectivity index (χ4n) is 4.11. The van der Waals surface area contributed by atoms with Crippen molar-refractivity contribution >= 4 is 17.4 Å². The van der Waals surface area contributed by atoms with E-state index in [1.54, 1.807) is 31.2 Å². The number of aryl methyl sites for hydroxylation is 2. The Balaban J connectivity index is 1.86. The Morgan fingerprint density at radius 3 is 2.41 bits per heavy atom. The Hall–Kier alpha value is -3.94. The Kier molecular flexibility index (Phi) is 6.00. The molecule has 5 nitrogen and oxygen atoms in total. The van der Waals surface area contributed by atoms with Crippen molar-refractivity contribution in [2.24, 2.45) is 0 Å². The van der Waals surface area contributed by atoms with Crippen LogP contribution in [0.1, 0.15) is 39.4 Å².